The van der Waals surface area contributed by atoms with Gasteiger partial charge in [0.25, 0.3) is 11.8 Å². The van der Waals surface area contributed by atoms with Crippen molar-refractivity contribution in [3.8, 4) is 0 Å². The summed E-state index contributed by atoms with van der Waals surface area (Å²) in [5, 5.41) is 10.4. The Labute approximate surface area is 169 Å². The highest BCUT2D eigenvalue weighted by Gasteiger charge is 2.24. The van der Waals surface area contributed by atoms with Crippen LogP contribution in [0.4, 0.5) is 5.69 Å². The monoisotopic (exact) mass is 388 g/mol. The van der Waals surface area contributed by atoms with Gasteiger partial charge in [0.05, 0.1) is 17.8 Å². The summed E-state index contributed by atoms with van der Waals surface area (Å²) in [6, 6.07) is 17.3. The molecule has 0 unspecified atom stereocenters. The van der Waals surface area contributed by atoms with E-state index in [1.54, 1.807) is 24.3 Å². The van der Waals surface area contributed by atoms with Crippen molar-refractivity contribution in [3.63, 3.8) is 0 Å². The predicted octanol–water partition coefficient (Wildman–Crippen LogP) is 3.69. The molecule has 4 rings (SSSR count). The number of amides is 2. The molecular formula is C23H24N4O2. The molecule has 29 heavy (non-hydrogen) atoms. The van der Waals surface area contributed by atoms with E-state index in [-0.39, 0.29) is 11.8 Å². The third-order valence-corrected chi connectivity index (χ3v) is 5.08. The van der Waals surface area contributed by atoms with E-state index in [0.29, 0.717) is 35.1 Å². The van der Waals surface area contributed by atoms with E-state index in [1.807, 2.05) is 48.9 Å². The molecule has 1 aliphatic rings. The zero-order valence-corrected chi connectivity index (χ0v) is 16.6. The van der Waals surface area contributed by atoms with Crippen LogP contribution in [-0.4, -0.2) is 27.6 Å². The normalized spacial score (nSPS) is 13.2. The van der Waals surface area contributed by atoms with Crippen LogP contribution in [0.3, 0.4) is 0 Å². The number of anilines is 1. The van der Waals surface area contributed by atoms with Crippen LogP contribution in [0.2, 0.25) is 0 Å². The molecule has 0 radical (unpaired) electrons. The minimum atomic E-state index is -0.223. The average molecular weight is 388 g/mol. The summed E-state index contributed by atoms with van der Waals surface area (Å²) in [6.45, 7) is 4.35. The number of aryl methyl sites for hydroxylation is 1. The Bertz CT molecular complexity index is 1050. The van der Waals surface area contributed by atoms with E-state index in [0.717, 1.165) is 24.1 Å². The zero-order chi connectivity index (χ0) is 20.4. The fourth-order valence-corrected chi connectivity index (χ4v) is 3.36. The quantitative estimate of drug-likeness (QED) is 0.676. The van der Waals surface area contributed by atoms with E-state index >= 15 is 0 Å². The van der Waals surface area contributed by atoms with Crippen LogP contribution in [-0.2, 0) is 6.54 Å². The number of nitrogens with zero attached hydrogens (tertiary/aromatic N) is 2. The summed E-state index contributed by atoms with van der Waals surface area (Å²) in [4.78, 5) is 25.2. The second-order valence-corrected chi connectivity index (χ2v) is 7.47. The molecule has 1 heterocycles. The molecule has 3 aromatic rings. The number of carbonyl (C=O) groups excluding carboxylic acids is 2. The van der Waals surface area contributed by atoms with Crippen molar-refractivity contribution >= 4 is 17.5 Å². The lowest BCUT2D eigenvalue weighted by molar-refractivity contribution is 0.0949. The van der Waals surface area contributed by atoms with Crippen molar-refractivity contribution in [2.75, 3.05) is 5.32 Å². The highest BCUT2D eigenvalue weighted by atomic mass is 16.2. The van der Waals surface area contributed by atoms with Gasteiger partial charge in [0.1, 0.15) is 0 Å². The summed E-state index contributed by atoms with van der Waals surface area (Å²) < 4.78 is 1.85. The number of aromatic nitrogens is 2. The summed E-state index contributed by atoms with van der Waals surface area (Å²) in [6.07, 6.45) is 2.07. The Morgan fingerprint density at radius 3 is 2.52 bits per heavy atom. The van der Waals surface area contributed by atoms with E-state index in [4.69, 9.17) is 0 Å². The Balaban J connectivity index is 1.50. The lowest BCUT2D eigenvalue weighted by Crippen LogP contribution is -2.25. The molecule has 0 bridgehead atoms. The molecule has 0 spiro atoms. The Hall–Kier alpha value is -3.41. The molecule has 2 N–H and O–H groups in total. The van der Waals surface area contributed by atoms with Crippen molar-refractivity contribution in [3.05, 3.63) is 82.7 Å². The maximum absolute atomic E-state index is 12.9. The molecule has 6 heteroatoms. The fraction of sp³-hybridized carbons (Fsp3) is 0.261. The van der Waals surface area contributed by atoms with Gasteiger partial charge >= 0.3 is 0 Å². The van der Waals surface area contributed by atoms with Crippen LogP contribution in [0.5, 0.6) is 0 Å². The van der Waals surface area contributed by atoms with Crippen LogP contribution in [0.25, 0.3) is 0 Å². The first-order valence-electron chi connectivity index (χ1n) is 9.81. The highest BCUT2D eigenvalue weighted by molar-refractivity contribution is 6.06. The van der Waals surface area contributed by atoms with Gasteiger partial charge in [-0.15, -0.1) is 0 Å². The van der Waals surface area contributed by atoms with E-state index in [2.05, 4.69) is 15.7 Å². The third kappa shape index (κ3) is 4.37. The first-order valence-corrected chi connectivity index (χ1v) is 9.81. The van der Waals surface area contributed by atoms with E-state index in [9.17, 15) is 9.59 Å². The summed E-state index contributed by atoms with van der Waals surface area (Å²) in [5.41, 5.74) is 4.31. The second-order valence-electron chi connectivity index (χ2n) is 7.47. The standard InChI is InChI=1S/C23H24N4O2/c1-15-21(16(2)27(26-15)14-17-7-4-3-5-8-17)23(29)25-20-10-6-9-18(13-20)22(28)24-19-11-12-19/h3-10,13,19H,11-12,14H2,1-2H3,(H,24,28)(H,25,29). The summed E-state index contributed by atoms with van der Waals surface area (Å²) in [7, 11) is 0. The summed E-state index contributed by atoms with van der Waals surface area (Å²) in [5.74, 6) is -0.328. The minimum absolute atomic E-state index is 0.105. The number of carbonyl (C=O) groups is 2. The van der Waals surface area contributed by atoms with Crippen molar-refractivity contribution in [2.24, 2.45) is 0 Å². The Morgan fingerprint density at radius 1 is 1.03 bits per heavy atom. The first kappa shape index (κ1) is 18.9. The predicted molar refractivity (Wildman–Crippen MR) is 112 cm³/mol. The Morgan fingerprint density at radius 2 is 1.79 bits per heavy atom. The van der Waals surface area contributed by atoms with E-state index in [1.165, 1.54) is 0 Å². The van der Waals surface area contributed by atoms with Crippen molar-refractivity contribution in [2.45, 2.75) is 39.3 Å². The van der Waals surface area contributed by atoms with Crippen LogP contribution in [0.15, 0.2) is 54.6 Å². The number of hydrogen-bond acceptors (Lipinski definition) is 3. The van der Waals surface area contributed by atoms with Gasteiger partial charge in [0.2, 0.25) is 0 Å². The fourth-order valence-electron chi connectivity index (χ4n) is 3.36. The Kier molecular flexibility index (Phi) is 5.16. The van der Waals surface area contributed by atoms with Gasteiger partial charge in [-0.25, -0.2) is 0 Å². The molecule has 148 valence electrons. The lowest BCUT2D eigenvalue weighted by Gasteiger charge is -2.09. The topological polar surface area (TPSA) is 76.0 Å². The smallest absolute Gasteiger partial charge is 0.259 e. The molecule has 2 aromatic carbocycles. The highest BCUT2D eigenvalue weighted by Crippen LogP contribution is 2.21. The average Bonchev–Trinajstić information content (AvgIpc) is 3.47. The number of hydrogen-bond donors (Lipinski definition) is 2. The first-order chi connectivity index (χ1) is 14.0. The van der Waals surface area contributed by atoms with Crippen molar-refractivity contribution in [1.82, 2.24) is 15.1 Å². The zero-order valence-electron chi connectivity index (χ0n) is 16.6. The SMILES string of the molecule is Cc1nn(Cc2ccccc2)c(C)c1C(=O)Nc1cccc(C(=O)NC2CC2)c1. The molecule has 2 amide bonds. The largest absolute Gasteiger partial charge is 0.349 e. The van der Waals surface area contributed by atoms with Gasteiger partial charge in [-0.3, -0.25) is 14.3 Å². The molecule has 1 fully saturated rings. The van der Waals surface area contributed by atoms with Crippen molar-refractivity contribution < 1.29 is 9.59 Å². The molecular weight excluding hydrogens is 364 g/mol. The molecule has 1 aliphatic carbocycles. The van der Waals surface area contributed by atoms with Gasteiger partial charge in [-0.1, -0.05) is 36.4 Å². The molecule has 0 aliphatic heterocycles. The number of rotatable bonds is 6. The van der Waals surface area contributed by atoms with E-state index < -0.39 is 0 Å². The third-order valence-electron chi connectivity index (χ3n) is 5.08. The number of benzene rings is 2. The molecule has 0 atom stereocenters. The van der Waals surface area contributed by atoms with Gasteiger partial charge in [0.15, 0.2) is 0 Å². The molecule has 6 nitrogen and oxygen atoms in total. The molecule has 0 saturated heterocycles. The van der Waals surface area contributed by atoms with Gasteiger partial charge < -0.3 is 10.6 Å². The van der Waals surface area contributed by atoms with Crippen LogP contribution in [0, 0.1) is 13.8 Å². The molecule has 1 aromatic heterocycles. The maximum atomic E-state index is 12.9. The maximum Gasteiger partial charge on any atom is 0.259 e. The van der Waals surface area contributed by atoms with Crippen LogP contribution >= 0.6 is 0 Å². The molecule has 1 saturated carbocycles. The lowest BCUT2D eigenvalue weighted by atomic mass is 10.1. The van der Waals surface area contributed by atoms with Gasteiger partial charge in [-0.05, 0) is 50.5 Å². The van der Waals surface area contributed by atoms with Crippen LogP contribution in [0.1, 0.15) is 50.5 Å². The van der Waals surface area contributed by atoms with Gasteiger partial charge in [-0.2, -0.15) is 5.10 Å². The van der Waals surface area contributed by atoms with Crippen LogP contribution < -0.4 is 10.6 Å². The number of nitrogens with one attached hydrogen (secondary N) is 2. The minimum Gasteiger partial charge on any atom is -0.349 e. The second kappa shape index (κ2) is 7.91. The summed E-state index contributed by atoms with van der Waals surface area (Å²) >= 11 is 0. The van der Waals surface area contributed by atoms with Gasteiger partial charge in [0, 0.05) is 23.0 Å². The van der Waals surface area contributed by atoms with Crippen molar-refractivity contribution in [1.29, 1.82) is 0 Å².